The summed E-state index contributed by atoms with van der Waals surface area (Å²) in [7, 11) is 0. The number of aliphatic hydroxyl groups is 14. The molecule has 0 spiro atoms. The summed E-state index contributed by atoms with van der Waals surface area (Å²) in [5.74, 6) is 0.514. The number of unbranched alkanes of at least 4 members (excludes halogenated alkanes) is 5. The molecule has 6 aliphatic rings. The van der Waals surface area contributed by atoms with Crippen LogP contribution in [0.2, 0.25) is 0 Å². The molecule has 0 bridgehead atoms. The molecule has 34 heteroatoms. The van der Waals surface area contributed by atoms with E-state index in [1.807, 2.05) is 0 Å². The fraction of sp³-hybridized carbons (Fsp3) is 0.797. The largest absolute Gasteiger partial charge is 0.494 e. The first-order chi connectivity index (χ1) is 46.7. The first-order valence-corrected chi connectivity index (χ1v) is 33.3. The molecule has 19 N–H and O–H groups in total. The van der Waals surface area contributed by atoms with Gasteiger partial charge in [0.15, 0.2) is 25.2 Å². The van der Waals surface area contributed by atoms with Gasteiger partial charge in [-0.05, 0) is 50.8 Å². The fourth-order valence-corrected chi connectivity index (χ4v) is 13.3. The van der Waals surface area contributed by atoms with Crippen LogP contribution >= 0.6 is 0 Å². The highest BCUT2D eigenvalue weighted by Crippen LogP contribution is 2.40. The van der Waals surface area contributed by atoms with Gasteiger partial charge in [0.05, 0.1) is 69.0 Å². The van der Waals surface area contributed by atoms with Crippen molar-refractivity contribution in [2.45, 2.75) is 271 Å². The predicted molar refractivity (Wildman–Crippen MR) is 334 cm³/mol. The second-order valence-electron chi connectivity index (χ2n) is 25.9. The van der Waals surface area contributed by atoms with Gasteiger partial charge in [-0.25, -0.2) is 0 Å². The molecule has 1 aromatic carbocycles. The van der Waals surface area contributed by atoms with Crippen molar-refractivity contribution in [3.05, 3.63) is 29.8 Å². The van der Waals surface area contributed by atoms with Gasteiger partial charge in [0.25, 0.3) is 5.91 Å². The highest BCUT2D eigenvalue weighted by molar-refractivity contribution is 5.94. The molecular weight excluding hydrogens is 1300 g/mol. The molecule has 0 aromatic heterocycles. The third kappa shape index (κ3) is 20.4. The molecule has 4 heterocycles. The van der Waals surface area contributed by atoms with Crippen LogP contribution < -0.4 is 31.3 Å². The van der Waals surface area contributed by atoms with Crippen molar-refractivity contribution in [1.29, 1.82) is 0 Å². The summed E-state index contributed by atoms with van der Waals surface area (Å²) in [5, 5.41) is 170. The topological polar surface area (TPSA) is 521 Å². The molecule has 98 heavy (non-hydrogen) atoms. The molecule has 34 nitrogen and oxygen atoms in total. The van der Waals surface area contributed by atoms with Crippen LogP contribution in [0.5, 0.6) is 5.75 Å². The molecule has 30 atom stereocenters. The minimum atomic E-state index is -1.97. The standard InChI is InChI=1S/C64H101N5O29/c1-7-8-9-10-11-12-13-14-15-19-89-36-18-16-17-33(20-36)60(87)69-45-49(80)48(79)39(25-72)95-62(45)98-58-40(26-73)96-63(46(53(58)84)68-32(6)77)97-57-35(24-71)22-37(42(51(57)82)65-29(3)74)92-56-34(23-70)21-38(43(50(56)81)66-30(4)75)93-59-41(94-61(88)44(52(59)83)67-31(5)76)27-90-64-55(86)54(85)47(78)28(2)91-64/h16-18,20,28,34-35,37-59,61-64,70-73,78-86,88H,7-11,14-15,19,21-27H2,1-6H3,(H,65,74)(H,66,75)(H,67,76)(H,68,77)(H,69,87)/t28?,34-,35?,37+,38?,39?,40-,41?,42+,43?,44-,45-,46?,47?,48+,49+,50?,51+,52+,53?,54-,55+,56+,57?,58+,59?,61+,62?,63?,64+/m0/s1. The van der Waals surface area contributed by atoms with Crippen LogP contribution in [-0.4, -0.2) is 312 Å². The molecule has 0 radical (unpaired) electrons. The average Bonchev–Trinajstić information content (AvgIpc) is 0.772. The molecular formula is C64H101N5O29. The van der Waals surface area contributed by atoms with E-state index in [-0.39, 0.29) is 18.4 Å². The monoisotopic (exact) mass is 1400 g/mol. The maximum Gasteiger partial charge on any atom is 0.251 e. The first-order valence-electron chi connectivity index (χ1n) is 33.3. The number of rotatable bonds is 29. The summed E-state index contributed by atoms with van der Waals surface area (Å²) in [6.45, 7) is 4.14. The molecule has 14 unspecified atom stereocenters. The molecule has 1 aromatic rings. The Hall–Kier alpha value is -4.99. The quantitative estimate of drug-likeness (QED) is 0.0262. The van der Waals surface area contributed by atoms with Gasteiger partial charge in [-0.15, -0.1) is 11.8 Å². The molecule has 4 saturated heterocycles. The van der Waals surface area contributed by atoms with Crippen LogP contribution in [0.25, 0.3) is 0 Å². The van der Waals surface area contributed by atoms with Gasteiger partial charge < -0.3 is 145 Å². The lowest BCUT2D eigenvalue weighted by Gasteiger charge is -2.52. The second-order valence-corrected chi connectivity index (χ2v) is 25.9. The van der Waals surface area contributed by atoms with Gasteiger partial charge in [-0.3, -0.25) is 24.0 Å². The summed E-state index contributed by atoms with van der Waals surface area (Å²) in [4.78, 5) is 65.2. The Labute approximate surface area is 566 Å². The minimum absolute atomic E-state index is 0.0471. The third-order valence-electron chi connectivity index (χ3n) is 18.5. The Balaban J connectivity index is 1.07. The van der Waals surface area contributed by atoms with Crippen molar-refractivity contribution in [3.8, 4) is 17.6 Å². The highest BCUT2D eigenvalue weighted by Gasteiger charge is 2.57. The lowest BCUT2D eigenvalue weighted by molar-refractivity contribution is -0.342. The van der Waals surface area contributed by atoms with Gasteiger partial charge in [-0.1, -0.05) is 32.3 Å². The van der Waals surface area contributed by atoms with E-state index in [0.717, 1.165) is 53.4 Å². The Bertz CT molecular complexity index is 2770. The molecule has 4 aliphatic heterocycles. The number of carbonyl (C=O) groups excluding carboxylic acids is 5. The van der Waals surface area contributed by atoms with E-state index in [0.29, 0.717) is 25.2 Å². The predicted octanol–water partition coefficient (Wildman–Crippen LogP) is -6.60. The van der Waals surface area contributed by atoms with Crippen LogP contribution in [-0.2, 0) is 61.8 Å². The van der Waals surface area contributed by atoms with Crippen LogP contribution in [0.1, 0.15) is 110 Å². The van der Waals surface area contributed by atoms with Crippen molar-refractivity contribution >= 4 is 29.5 Å². The second kappa shape index (κ2) is 37.8. The molecule has 556 valence electrons. The average molecular weight is 1400 g/mol. The zero-order chi connectivity index (χ0) is 71.8. The number of nitrogens with one attached hydrogen (secondary N) is 5. The highest BCUT2D eigenvalue weighted by atomic mass is 16.7. The summed E-state index contributed by atoms with van der Waals surface area (Å²) in [5.41, 5.74) is 0.0471. The number of benzene rings is 1. The van der Waals surface area contributed by atoms with Gasteiger partial charge in [0.1, 0.15) is 109 Å². The van der Waals surface area contributed by atoms with Crippen molar-refractivity contribution < 1.29 is 143 Å². The number of hydrogen-bond donors (Lipinski definition) is 19. The maximum atomic E-state index is 13.9. The summed E-state index contributed by atoms with van der Waals surface area (Å²) in [6.07, 6.45) is -32.6. The van der Waals surface area contributed by atoms with Gasteiger partial charge in [0, 0.05) is 71.1 Å². The van der Waals surface area contributed by atoms with E-state index in [1.165, 1.54) is 25.5 Å². The summed E-state index contributed by atoms with van der Waals surface area (Å²) < 4.78 is 60.7. The summed E-state index contributed by atoms with van der Waals surface area (Å²) in [6, 6.07) is -1.83. The molecule has 7 rings (SSSR count). The Morgan fingerprint density at radius 2 is 0.990 bits per heavy atom. The van der Waals surface area contributed by atoms with Gasteiger partial charge in [0.2, 0.25) is 23.6 Å². The van der Waals surface area contributed by atoms with Crippen molar-refractivity contribution in [2.24, 2.45) is 11.8 Å². The van der Waals surface area contributed by atoms with Gasteiger partial charge >= 0.3 is 0 Å². The van der Waals surface area contributed by atoms with Crippen molar-refractivity contribution in [2.75, 3.05) is 39.6 Å². The lowest BCUT2D eigenvalue weighted by Crippen LogP contribution is -2.70. The Kier molecular flexibility index (Phi) is 31.0. The van der Waals surface area contributed by atoms with E-state index in [2.05, 4.69) is 45.3 Å². The normalized spacial score (nSPS) is 39.6. The number of aliphatic hydroxyl groups excluding tert-OH is 14. The number of carbonyl (C=O) groups is 5. The van der Waals surface area contributed by atoms with E-state index >= 15 is 0 Å². The Morgan fingerprint density at radius 3 is 1.56 bits per heavy atom. The zero-order valence-corrected chi connectivity index (χ0v) is 55.6. The van der Waals surface area contributed by atoms with E-state index in [9.17, 15) is 95.5 Å². The molecule has 2 saturated carbocycles. The molecule has 5 amide bonds. The number of amides is 5. The minimum Gasteiger partial charge on any atom is -0.494 e. The third-order valence-corrected chi connectivity index (χ3v) is 18.5. The van der Waals surface area contributed by atoms with Crippen molar-refractivity contribution in [3.63, 3.8) is 0 Å². The fourth-order valence-electron chi connectivity index (χ4n) is 13.3. The number of ether oxygens (including phenoxy) is 10. The smallest absolute Gasteiger partial charge is 0.251 e. The van der Waals surface area contributed by atoms with Crippen LogP contribution in [0, 0.1) is 23.7 Å². The zero-order valence-electron chi connectivity index (χ0n) is 55.6. The number of hydrogen-bond acceptors (Lipinski definition) is 29. The molecule has 6 fully saturated rings. The Morgan fingerprint density at radius 1 is 0.490 bits per heavy atom. The molecule has 2 aliphatic carbocycles. The first kappa shape index (κ1) is 80.3. The maximum absolute atomic E-state index is 13.9. The van der Waals surface area contributed by atoms with Crippen LogP contribution in [0.15, 0.2) is 24.3 Å². The van der Waals surface area contributed by atoms with Crippen LogP contribution in [0.4, 0.5) is 0 Å². The lowest BCUT2D eigenvalue weighted by atomic mass is 9.77. The van der Waals surface area contributed by atoms with Gasteiger partial charge in [-0.2, -0.15) is 0 Å². The van der Waals surface area contributed by atoms with E-state index < -0.39 is 246 Å². The van der Waals surface area contributed by atoms with Crippen molar-refractivity contribution in [1.82, 2.24) is 26.6 Å². The van der Waals surface area contributed by atoms with E-state index in [4.69, 9.17) is 47.4 Å². The van der Waals surface area contributed by atoms with Crippen LogP contribution in [0.3, 0.4) is 0 Å². The van der Waals surface area contributed by atoms with E-state index in [1.54, 1.807) is 12.1 Å². The summed E-state index contributed by atoms with van der Waals surface area (Å²) >= 11 is 0. The SMILES string of the molecule is CCCCCCC#CCCCOc1cccc(C(=O)N[C@@H]2C(O[C@H]3C(O)C(NC(C)=O)C(OC4C(CO)C[C@@H](O[C@H]5C(O)C(NC(C)=O)C(OC6C(CO[C@@H]7OC(C)C(O)[C@H](O)[C@H]7O)O[C@@H](O)[C@@H](NC(C)=O)[C@H]6O)C[C@H]5CO)[C@@H](NC(C)=O)[C@H]4O)O[C@H]3CO)OC(CO)[C@@H](O)[C@@H]2O)c1.